The van der Waals surface area contributed by atoms with Gasteiger partial charge in [0.15, 0.2) is 0 Å². The van der Waals surface area contributed by atoms with Gasteiger partial charge in [-0.15, -0.1) is 0 Å². The summed E-state index contributed by atoms with van der Waals surface area (Å²) in [6.45, 7) is 3.33. The van der Waals surface area contributed by atoms with Gasteiger partial charge < -0.3 is 9.80 Å². The lowest BCUT2D eigenvalue weighted by Gasteiger charge is -2.37. The third-order valence-corrected chi connectivity index (χ3v) is 6.74. The van der Waals surface area contributed by atoms with Crippen LogP contribution >= 0.6 is 0 Å². The summed E-state index contributed by atoms with van der Waals surface area (Å²) in [7, 11) is 0. The van der Waals surface area contributed by atoms with Crippen molar-refractivity contribution in [3.63, 3.8) is 0 Å². The number of hydrogen-bond donors (Lipinski definition) is 0. The van der Waals surface area contributed by atoms with Gasteiger partial charge in [0.25, 0.3) is 11.6 Å². The highest BCUT2D eigenvalue weighted by molar-refractivity contribution is 6.04. The average molecular weight is 486 g/mol. The van der Waals surface area contributed by atoms with E-state index in [0.29, 0.717) is 32.7 Å². The monoisotopic (exact) mass is 485 g/mol. The van der Waals surface area contributed by atoms with Crippen LogP contribution in [-0.4, -0.2) is 64.4 Å². The summed E-state index contributed by atoms with van der Waals surface area (Å²) in [6, 6.07) is 24.7. The number of nitro groups is 1. The normalized spacial score (nSPS) is 18.7. The molecule has 0 N–H and O–H groups in total. The standard InChI is InChI=1S/C27H27N5O4/c33-26-25(22-9-5-2-6-10-22)30(19-21-7-3-1-4-8-21)27(34)31(26)20-28-15-17-29(18-16-28)23-11-13-24(14-12-23)32(35)36/h1-14,25H,15-20H2/t25-/m0/s1. The van der Waals surface area contributed by atoms with Crippen molar-refractivity contribution in [1.29, 1.82) is 0 Å². The first-order valence-corrected chi connectivity index (χ1v) is 11.9. The molecule has 0 unspecified atom stereocenters. The Kier molecular flexibility index (Phi) is 6.64. The Labute approximate surface area is 209 Å². The van der Waals surface area contributed by atoms with Gasteiger partial charge in [-0.3, -0.25) is 19.8 Å². The molecular weight excluding hydrogens is 458 g/mol. The van der Waals surface area contributed by atoms with E-state index >= 15 is 0 Å². The second-order valence-corrected chi connectivity index (χ2v) is 9.00. The Morgan fingerprint density at radius 1 is 0.806 bits per heavy atom. The Bertz CT molecular complexity index is 1230. The van der Waals surface area contributed by atoms with E-state index in [1.807, 2.05) is 60.7 Å². The number of carbonyl (C=O) groups is 2. The smallest absolute Gasteiger partial charge is 0.329 e. The fourth-order valence-corrected chi connectivity index (χ4v) is 4.80. The highest BCUT2D eigenvalue weighted by Gasteiger charge is 2.46. The lowest BCUT2D eigenvalue weighted by Crippen LogP contribution is -2.51. The van der Waals surface area contributed by atoms with Gasteiger partial charge in [0, 0.05) is 50.5 Å². The molecule has 0 bridgehead atoms. The van der Waals surface area contributed by atoms with Gasteiger partial charge in [0.1, 0.15) is 6.04 Å². The van der Waals surface area contributed by atoms with E-state index in [2.05, 4.69) is 9.80 Å². The molecule has 0 radical (unpaired) electrons. The van der Waals surface area contributed by atoms with Crippen LogP contribution in [0.5, 0.6) is 0 Å². The molecular formula is C27H27N5O4. The molecule has 9 nitrogen and oxygen atoms in total. The molecule has 3 aromatic rings. The third kappa shape index (κ3) is 4.78. The lowest BCUT2D eigenvalue weighted by molar-refractivity contribution is -0.384. The summed E-state index contributed by atoms with van der Waals surface area (Å²) in [5, 5.41) is 10.9. The van der Waals surface area contributed by atoms with E-state index in [4.69, 9.17) is 0 Å². The number of rotatable bonds is 7. The van der Waals surface area contributed by atoms with E-state index in [0.717, 1.165) is 16.8 Å². The van der Waals surface area contributed by atoms with Crippen LogP contribution in [0.4, 0.5) is 16.2 Å². The van der Waals surface area contributed by atoms with Crippen LogP contribution in [0.15, 0.2) is 84.9 Å². The van der Waals surface area contributed by atoms with Crippen molar-refractivity contribution >= 4 is 23.3 Å². The molecule has 2 saturated heterocycles. The molecule has 0 spiro atoms. The predicted molar refractivity (Wildman–Crippen MR) is 135 cm³/mol. The number of imide groups is 1. The van der Waals surface area contributed by atoms with Crippen molar-refractivity contribution in [2.75, 3.05) is 37.7 Å². The van der Waals surface area contributed by atoms with E-state index in [-0.39, 0.29) is 24.3 Å². The molecule has 2 aliphatic heterocycles. The highest BCUT2D eigenvalue weighted by atomic mass is 16.6. The zero-order valence-electron chi connectivity index (χ0n) is 19.8. The fraction of sp³-hybridized carbons (Fsp3) is 0.259. The number of amides is 3. The van der Waals surface area contributed by atoms with Gasteiger partial charge >= 0.3 is 6.03 Å². The second-order valence-electron chi connectivity index (χ2n) is 9.00. The number of nitro benzene ring substituents is 1. The Balaban J connectivity index is 1.28. The minimum Gasteiger partial charge on any atom is -0.369 e. The number of benzene rings is 3. The second kappa shape index (κ2) is 10.2. The molecule has 2 fully saturated rings. The summed E-state index contributed by atoms with van der Waals surface area (Å²) in [4.78, 5) is 44.8. The van der Waals surface area contributed by atoms with Crippen molar-refractivity contribution in [1.82, 2.24) is 14.7 Å². The van der Waals surface area contributed by atoms with E-state index in [9.17, 15) is 19.7 Å². The summed E-state index contributed by atoms with van der Waals surface area (Å²) < 4.78 is 0. The molecule has 2 aliphatic rings. The van der Waals surface area contributed by atoms with Crippen LogP contribution in [0.1, 0.15) is 17.2 Å². The van der Waals surface area contributed by atoms with Gasteiger partial charge in [-0.1, -0.05) is 60.7 Å². The molecule has 0 aliphatic carbocycles. The van der Waals surface area contributed by atoms with Crippen molar-refractivity contribution in [3.8, 4) is 0 Å². The maximum Gasteiger partial charge on any atom is 0.329 e. The van der Waals surface area contributed by atoms with Crippen LogP contribution in [0.25, 0.3) is 0 Å². The summed E-state index contributed by atoms with van der Waals surface area (Å²) in [5.41, 5.74) is 2.76. The highest BCUT2D eigenvalue weighted by Crippen LogP contribution is 2.33. The van der Waals surface area contributed by atoms with E-state index < -0.39 is 11.0 Å². The zero-order valence-corrected chi connectivity index (χ0v) is 19.8. The Morgan fingerprint density at radius 2 is 1.42 bits per heavy atom. The summed E-state index contributed by atoms with van der Waals surface area (Å²) in [6.07, 6.45) is 0. The minimum absolute atomic E-state index is 0.0662. The maximum atomic E-state index is 13.5. The lowest BCUT2D eigenvalue weighted by atomic mass is 10.1. The van der Waals surface area contributed by atoms with Crippen LogP contribution in [-0.2, 0) is 11.3 Å². The average Bonchev–Trinajstić information content (AvgIpc) is 3.14. The van der Waals surface area contributed by atoms with Gasteiger partial charge in [0.2, 0.25) is 0 Å². The van der Waals surface area contributed by atoms with E-state index in [1.165, 1.54) is 17.0 Å². The predicted octanol–water partition coefficient (Wildman–Crippen LogP) is 3.88. The van der Waals surface area contributed by atoms with Gasteiger partial charge in [0.05, 0.1) is 11.6 Å². The first kappa shape index (κ1) is 23.5. The SMILES string of the molecule is O=C1[C@H](c2ccccc2)N(Cc2ccccc2)C(=O)N1CN1CCN(c2ccc([N+](=O)[O-])cc2)CC1. The molecule has 2 heterocycles. The number of piperazine rings is 1. The van der Waals surface area contributed by atoms with Crippen LogP contribution in [0, 0.1) is 10.1 Å². The van der Waals surface area contributed by atoms with Crippen molar-refractivity contribution in [3.05, 3.63) is 106 Å². The number of anilines is 1. The number of carbonyl (C=O) groups excluding carboxylic acids is 2. The first-order chi connectivity index (χ1) is 17.5. The van der Waals surface area contributed by atoms with Gasteiger partial charge in [-0.25, -0.2) is 9.69 Å². The fourth-order valence-electron chi connectivity index (χ4n) is 4.80. The first-order valence-electron chi connectivity index (χ1n) is 11.9. The van der Waals surface area contributed by atoms with Crippen LogP contribution < -0.4 is 4.90 Å². The largest absolute Gasteiger partial charge is 0.369 e. The molecule has 3 aromatic carbocycles. The Hall–Kier alpha value is -4.24. The van der Waals surface area contributed by atoms with Crippen molar-refractivity contribution in [2.24, 2.45) is 0 Å². The molecule has 0 saturated carbocycles. The quantitative estimate of drug-likeness (QED) is 0.287. The van der Waals surface area contributed by atoms with E-state index in [1.54, 1.807) is 17.0 Å². The number of urea groups is 1. The topological polar surface area (TPSA) is 90.2 Å². The summed E-state index contributed by atoms with van der Waals surface area (Å²) in [5.74, 6) is -0.208. The number of nitrogens with zero attached hydrogens (tertiary/aromatic N) is 5. The molecule has 1 atom stereocenters. The molecule has 184 valence electrons. The maximum absolute atomic E-state index is 13.5. The summed E-state index contributed by atoms with van der Waals surface area (Å²) >= 11 is 0. The third-order valence-electron chi connectivity index (χ3n) is 6.74. The van der Waals surface area contributed by atoms with Crippen LogP contribution in [0.3, 0.4) is 0 Å². The van der Waals surface area contributed by atoms with Crippen molar-refractivity contribution in [2.45, 2.75) is 12.6 Å². The molecule has 9 heteroatoms. The molecule has 3 amide bonds. The molecule has 0 aromatic heterocycles. The van der Waals surface area contributed by atoms with Gasteiger partial charge in [-0.05, 0) is 23.3 Å². The van der Waals surface area contributed by atoms with Gasteiger partial charge in [-0.2, -0.15) is 0 Å². The van der Waals surface area contributed by atoms with Crippen molar-refractivity contribution < 1.29 is 14.5 Å². The molecule has 36 heavy (non-hydrogen) atoms. The number of non-ortho nitro benzene ring substituents is 1. The zero-order chi connectivity index (χ0) is 25.1. The minimum atomic E-state index is -0.652. The Morgan fingerprint density at radius 3 is 2.03 bits per heavy atom. The number of hydrogen-bond acceptors (Lipinski definition) is 6. The van der Waals surface area contributed by atoms with Crippen LogP contribution in [0.2, 0.25) is 0 Å². The molecule has 5 rings (SSSR count).